The Labute approximate surface area is 114 Å². The van der Waals surface area contributed by atoms with Crippen molar-refractivity contribution in [2.24, 2.45) is 0 Å². The number of anilines is 1. The summed E-state index contributed by atoms with van der Waals surface area (Å²) in [5, 5.41) is 2.01. The zero-order valence-electron chi connectivity index (χ0n) is 11.6. The molecule has 0 fully saturated rings. The van der Waals surface area contributed by atoms with Gasteiger partial charge in [0, 0.05) is 28.9 Å². The fourth-order valence-electron chi connectivity index (χ4n) is 2.20. The van der Waals surface area contributed by atoms with E-state index >= 15 is 0 Å². The number of nitrogen functional groups attached to an aromatic ring is 1. The number of unbranched alkanes of at least 4 members (excludes halogenated alkanes) is 4. The van der Waals surface area contributed by atoms with Crippen LogP contribution in [0.15, 0.2) is 30.6 Å². The number of pyridine rings is 1. The Bertz CT molecular complexity index is 525. The van der Waals surface area contributed by atoms with Crippen molar-refractivity contribution < 1.29 is 4.74 Å². The third-order valence-corrected chi connectivity index (χ3v) is 3.32. The maximum atomic E-state index is 5.95. The topological polar surface area (TPSA) is 48.1 Å². The molecule has 0 radical (unpaired) electrons. The molecule has 102 valence electrons. The van der Waals surface area contributed by atoms with Gasteiger partial charge >= 0.3 is 0 Å². The van der Waals surface area contributed by atoms with Crippen LogP contribution in [-0.4, -0.2) is 11.6 Å². The smallest absolute Gasteiger partial charge is 0.128 e. The molecular weight excluding hydrogens is 236 g/mol. The van der Waals surface area contributed by atoms with Gasteiger partial charge in [-0.15, -0.1) is 0 Å². The Hall–Kier alpha value is -1.77. The molecule has 3 heteroatoms. The lowest BCUT2D eigenvalue weighted by atomic mass is 10.1. The van der Waals surface area contributed by atoms with Crippen LogP contribution < -0.4 is 10.5 Å². The molecular formula is C16H22N2O. The predicted molar refractivity (Wildman–Crippen MR) is 80.4 cm³/mol. The molecule has 2 rings (SSSR count). The molecule has 1 aromatic heterocycles. The van der Waals surface area contributed by atoms with Gasteiger partial charge in [-0.25, -0.2) is 0 Å². The molecule has 0 saturated heterocycles. The van der Waals surface area contributed by atoms with Crippen LogP contribution in [0.5, 0.6) is 5.75 Å². The van der Waals surface area contributed by atoms with Crippen molar-refractivity contribution in [3.63, 3.8) is 0 Å². The minimum Gasteiger partial charge on any atom is -0.493 e. The summed E-state index contributed by atoms with van der Waals surface area (Å²) in [7, 11) is 0. The first-order valence-corrected chi connectivity index (χ1v) is 7.08. The second-order valence-electron chi connectivity index (χ2n) is 4.84. The van der Waals surface area contributed by atoms with Crippen molar-refractivity contribution in [3.05, 3.63) is 30.6 Å². The number of nitrogens with zero attached hydrogens (tertiary/aromatic N) is 1. The number of hydrogen-bond acceptors (Lipinski definition) is 3. The molecule has 0 atom stereocenters. The van der Waals surface area contributed by atoms with Crippen LogP contribution in [0.2, 0.25) is 0 Å². The molecule has 0 saturated carbocycles. The molecule has 0 spiro atoms. The molecule has 2 aromatic rings. The van der Waals surface area contributed by atoms with Crippen LogP contribution in [0.3, 0.4) is 0 Å². The molecule has 0 aliphatic heterocycles. The Morgan fingerprint density at radius 1 is 1.05 bits per heavy atom. The summed E-state index contributed by atoms with van der Waals surface area (Å²) in [6.45, 7) is 2.99. The molecule has 2 N–H and O–H groups in total. The maximum Gasteiger partial charge on any atom is 0.128 e. The lowest BCUT2D eigenvalue weighted by Gasteiger charge is -2.10. The SMILES string of the molecule is CCCCCCCOc1ccc(N)c2ccncc12. The molecule has 3 nitrogen and oxygen atoms in total. The quantitative estimate of drug-likeness (QED) is 0.599. The summed E-state index contributed by atoms with van der Waals surface area (Å²) in [6.07, 6.45) is 9.80. The second kappa shape index (κ2) is 6.98. The van der Waals surface area contributed by atoms with Gasteiger partial charge in [0.1, 0.15) is 5.75 Å². The highest BCUT2D eigenvalue weighted by molar-refractivity contribution is 5.96. The third-order valence-electron chi connectivity index (χ3n) is 3.32. The first kappa shape index (κ1) is 13.7. The van der Waals surface area contributed by atoms with E-state index in [2.05, 4.69) is 11.9 Å². The van der Waals surface area contributed by atoms with E-state index in [9.17, 15) is 0 Å². The number of benzene rings is 1. The van der Waals surface area contributed by atoms with Gasteiger partial charge in [0.15, 0.2) is 0 Å². The highest BCUT2D eigenvalue weighted by atomic mass is 16.5. The van der Waals surface area contributed by atoms with Gasteiger partial charge in [-0.1, -0.05) is 32.6 Å². The first-order valence-electron chi connectivity index (χ1n) is 7.08. The van der Waals surface area contributed by atoms with Crippen molar-refractivity contribution in [3.8, 4) is 5.75 Å². The molecule has 0 aliphatic carbocycles. The first-order chi connectivity index (χ1) is 9.33. The van der Waals surface area contributed by atoms with Crippen molar-refractivity contribution in [1.29, 1.82) is 0 Å². The average Bonchev–Trinajstić information content (AvgIpc) is 2.45. The highest BCUT2D eigenvalue weighted by Gasteiger charge is 2.04. The van der Waals surface area contributed by atoms with E-state index in [0.717, 1.165) is 35.2 Å². The summed E-state index contributed by atoms with van der Waals surface area (Å²) in [4.78, 5) is 4.15. The fraction of sp³-hybridized carbons (Fsp3) is 0.438. The van der Waals surface area contributed by atoms with E-state index in [1.807, 2.05) is 24.4 Å². The van der Waals surface area contributed by atoms with Gasteiger partial charge in [0.05, 0.1) is 6.61 Å². The Morgan fingerprint density at radius 3 is 2.74 bits per heavy atom. The zero-order valence-corrected chi connectivity index (χ0v) is 11.6. The van der Waals surface area contributed by atoms with Crippen LogP contribution in [0.1, 0.15) is 39.0 Å². The number of aromatic nitrogens is 1. The molecule has 19 heavy (non-hydrogen) atoms. The minimum atomic E-state index is 0.762. The van der Waals surface area contributed by atoms with Crippen LogP contribution >= 0.6 is 0 Å². The number of ether oxygens (including phenoxy) is 1. The lowest BCUT2D eigenvalue weighted by Crippen LogP contribution is -1.99. The Kier molecular flexibility index (Phi) is 5.01. The summed E-state index contributed by atoms with van der Waals surface area (Å²) in [5.41, 5.74) is 6.72. The predicted octanol–water partition coefficient (Wildman–Crippen LogP) is 4.17. The monoisotopic (exact) mass is 258 g/mol. The molecule has 1 aromatic carbocycles. The van der Waals surface area contributed by atoms with Crippen LogP contribution in [-0.2, 0) is 0 Å². The summed E-state index contributed by atoms with van der Waals surface area (Å²) >= 11 is 0. The van der Waals surface area contributed by atoms with Crippen molar-refractivity contribution in [2.75, 3.05) is 12.3 Å². The van der Waals surface area contributed by atoms with Gasteiger partial charge in [-0.2, -0.15) is 0 Å². The largest absolute Gasteiger partial charge is 0.493 e. The molecule has 0 bridgehead atoms. The van der Waals surface area contributed by atoms with E-state index in [-0.39, 0.29) is 0 Å². The number of hydrogen-bond donors (Lipinski definition) is 1. The van der Waals surface area contributed by atoms with Gasteiger partial charge in [-0.05, 0) is 24.6 Å². The van der Waals surface area contributed by atoms with Crippen molar-refractivity contribution >= 4 is 16.5 Å². The van der Waals surface area contributed by atoms with E-state index in [4.69, 9.17) is 10.5 Å². The molecule has 0 amide bonds. The molecule has 1 heterocycles. The number of rotatable bonds is 7. The normalized spacial score (nSPS) is 10.8. The summed E-state index contributed by atoms with van der Waals surface area (Å²) in [6, 6.07) is 5.76. The van der Waals surface area contributed by atoms with Gasteiger partial charge in [0.25, 0.3) is 0 Å². The summed E-state index contributed by atoms with van der Waals surface area (Å²) in [5.74, 6) is 0.882. The molecule has 0 aliphatic rings. The van der Waals surface area contributed by atoms with E-state index in [1.165, 1.54) is 25.7 Å². The van der Waals surface area contributed by atoms with E-state index < -0.39 is 0 Å². The second-order valence-corrected chi connectivity index (χ2v) is 4.84. The van der Waals surface area contributed by atoms with Crippen LogP contribution in [0.4, 0.5) is 5.69 Å². The van der Waals surface area contributed by atoms with Crippen LogP contribution in [0, 0.1) is 0 Å². The number of fused-ring (bicyclic) bond motifs is 1. The number of nitrogens with two attached hydrogens (primary N) is 1. The lowest BCUT2D eigenvalue weighted by molar-refractivity contribution is 0.308. The van der Waals surface area contributed by atoms with Crippen LogP contribution in [0.25, 0.3) is 10.8 Å². The van der Waals surface area contributed by atoms with Gasteiger partial charge in [0.2, 0.25) is 0 Å². The highest BCUT2D eigenvalue weighted by Crippen LogP contribution is 2.29. The Morgan fingerprint density at radius 2 is 1.89 bits per heavy atom. The Balaban J connectivity index is 1.96. The van der Waals surface area contributed by atoms with E-state index in [1.54, 1.807) is 6.20 Å². The third kappa shape index (κ3) is 3.60. The maximum absolute atomic E-state index is 5.95. The standard InChI is InChI=1S/C16H22N2O/c1-2-3-4-5-6-11-19-16-8-7-15(17)13-9-10-18-12-14(13)16/h7-10,12H,2-6,11,17H2,1H3. The average molecular weight is 258 g/mol. The fourth-order valence-corrected chi connectivity index (χ4v) is 2.20. The van der Waals surface area contributed by atoms with Crippen molar-refractivity contribution in [2.45, 2.75) is 39.0 Å². The molecule has 0 unspecified atom stereocenters. The summed E-state index contributed by atoms with van der Waals surface area (Å²) < 4.78 is 5.86. The van der Waals surface area contributed by atoms with Gasteiger partial charge < -0.3 is 10.5 Å². The van der Waals surface area contributed by atoms with Crippen molar-refractivity contribution in [1.82, 2.24) is 4.98 Å². The minimum absolute atomic E-state index is 0.762. The van der Waals surface area contributed by atoms with E-state index in [0.29, 0.717) is 0 Å². The van der Waals surface area contributed by atoms with Gasteiger partial charge in [-0.3, -0.25) is 4.98 Å². The zero-order chi connectivity index (χ0) is 13.5.